The van der Waals surface area contributed by atoms with Crippen molar-refractivity contribution in [3.63, 3.8) is 0 Å². The van der Waals surface area contributed by atoms with Crippen LogP contribution in [-0.4, -0.2) is 34.5 Å². The molecule has 0 spiro atoms. The molecule has 0 aromatic heterocycles. The van der Waals surface area contributed by atoms with Crippen LogP contribution in [0, 0.1) is 0 Å². The number of carbonyl (C=O) groups is 1. The minimum absolute atomic E-state index is 0.0301. The molecule has 1 unspecified atom stereocenters. The van der Waals surface area contributed by atoms with Crippen LogP contribution in [0.4, 0.5) is 5.69 Å². The van der Waals surface area contributed by atoms with Gasteiger partial charge in [0.05, 0.1) is 6.61 Å². The zero-order valence-electron chi connectivity index (χ0n) is 10.3. The predicted octanol–water partition coefficient (Wildman–Crippen LogP) is 1.35. The van der Waals surface area contributed by atoms with Crippen molar-refractivity contribution in [2.45, 2.75) is 38.0 Å². The van der Waals surface area contributed by atoms with Crippen molar-refractivity contribution in [3.05, 3.63) is 29.8 Å². The van der Waals surface area contributed by atoms with Crippen LogP contribution in [-0.2, 0) is 11.4 Å². The molecule has 3 rings (SSSR count). The lowest BCUT2D eigenvalue weighted by Crippen LogP contribution is -2.34. The minimum Gasteiger partial charge on any atom is -0.392 e. The Balaban J connectivity index is 1.67. The number of likely N-dealkylation sites (tertiary alicyclic amines) is 1. The van der Waals surface area contributed by atoms with Crippen molar-refractivity contribution in [3.8, 4) is 0 Å². The van der Waals surface area contributed by atoms with E-state index in [1.165, 1.54) is 12.8 Å². The summed E-state index contributed by atoms with van der Waals surface area (Å²) in [4.78, 5) is 14.2. The number of carbonyl (C=O) groups excluding carboxylic acids is 1. The second kappa shape index (κ2) is 4.61. The van der Waals surface area contributed by atoms with Crippen molar-refractivity contribution in [2.75, 3.05) is 11.9 Å². The number of aliphatic hydroxyl groups is 1. The zero-order valence-corrected chi connectivity index (χ0v) is 10.3. The van der Waals surface area contributed by atoms with Crippen LogP contribution in [0.1, 0.15) is 24.8 Å². The Labute approximate surface area is 107 Å². The van der Waals surface area contributed by atoms with Gasteiger partial charge in [0.2, 0.25) is 5.91 Å². The largest absolute Gasteiger partial charge is 0.392 e. The number of hydrogen-bond donors (Lipinski definition) is 2. The van der Waals surface area contributed by atoms with E-state index in [1.807, 2.05) is 29.2 Å². The first-order valence-corrected chi connectivity index (χ1v) is 6.55. The van der Waals surface area contributed by atoms with Crippen LogP contribution >= 0.6 is 0 Å². The quantitative estimate of drug-likeness (QED) is 0.843. The second-order valence-corrected chi connectivity index (χ2v) is 5.11. The van der Waals surface area contributed by atoms with Gasteiger partial charge in [-0.1, -0.05) is 12.1 Å². The molecule has 1 atom stereocenters. The lowest BCUT2D eigenvalue weighted by atomic mass is 10.2. The van der Waals surface area contributed by atoms with Crippen molar-refractivity contribution < 1.29 is 9.90 Å². The van der Waals surface area contributed by atoms with E-state index in [2.05, 4.69) is 5.32 Å². The first-order valence-electron chi connectivity index (χ1n) is 6.55. The van der Waals surface area contributed by atoms with Gasteiger partial charge in [-0.15, -0.1) is 0 Å². The van der Waals surface area contributed by atoms with Gasteiger partial charge in [0.15, 0.2) is 0 Å². The monoisotopic (exact) mass is 246 g/mol. The van der Waals surface area contributed by atoms with E-state index in [9.17, 15) is 4.79 Å². The van der Waals surface area contributed by atoms with Crippen molar-refractivity contribution in [2.24, 2.45) is 0 Å². The van der Waals surface area contributed by atoms with Gasteiger partial charge in [-0.05, 0) is 37.0 Å². The summed E-state index contributed by atoms with van der Waals surface area (Å²) in [6.45, 7) is 0.906. The molecular formula is C14H18N2O2. The number of amides is 1. The molecule has 1 aliphatic carbocycles. The van der Waals surface area contributed by atoms with E-state index in [0.29, 0.717) is 6.04 Å². The van der Waals surface area contributed by atoms with Crippen molar-refractivity contribution >= 4 is 11.6 Å². The van der Waals surface area contributed by atoms with E-state index in [1.54, 1.807) is 0 Å². The fourth-order valence-corrected chi connectivity index (χ4v) is 2.55. The standard InChI is InChI=1S/C14H18N2O2/c17-9-10-2-1-3-11(8-10)15-13-6-7-16(14(13)18)12-4-5-12/h1-3,8,12-13,15,17H,4-7,9H2. The number of benzene rings is 1. The number of aliphatic hydroxyl groups excluding tert-OH is 1. The maximum Gasteiger partial charge on any atom is 0.245 e. The molecule has 4 heteroatoms. The molecule has 2 fully saturated rings. The van der Waals surface area contributed by atoms with Crippen LogP contribution < -0.4 is 5.32 Å². The highest BCUT2D eigenvalue weighted by atomic mass is 16.3. The first-order chi connectivity index (χ1) is 8.78. The molecule has 18 heavy (non-hydrogen) atoms. The van der Waals surface area contributed by atoms with Crippen LogP contribution in [0.5, 0.6) is 0 Å². The summed E-state index contributed by atoms with van der Waals surface area (Å²) in [7, 11) is 0. The number of rotatable bonds is 4. The summed E-state index contributed by atoms with van der Waals surface area (Å²) in [5.74, 6) is 0.229. The summed E-state index contributed by atoms with van der Waals surface area (Å²) < 4.78 is 0. The minimum atomic E-state index is -0.0976. The number of nitrogens with one attached hydrogen (secondary N) is 1. The smallest absolute Gasteiger partial charge is 0.245 e. The molecule has 1 aromatic carbocycles. The second-order valence-electron chi connectivity index (χ2n) is 5.11. The van der Waals surface area contributed by atoms with Crippen molar-refractivity contribution in [1.29, 1.82) is 0 Å². The van der Waals surface area contributed by atoms with Gasteiger partial charge < -0.3 is 15.3 Å². The number of hydrogen-bond acceptors (Lipinski definition) is 3. The Morgan fingerprint density at radius 1 is 1.33 bits per heavy atom. The molecule has 1 saturated heterocycles. The molecule has 0 radical (unpaired) electrons. The van der Waals surface area contributed by atoms with Gasteiger partial charge in [-0.3, -0.25) is 4.79 Å². The summed E-state index contributed by atoms with van der Waals surface area (Å²) in [6, 6.07) is 8.01. The zero-order chi connectivity index (χ0) is 12.5. The Morgan fingerprint density at radius 3 is 2.89 bits per heavy atom. The number of nitrogens with zero attached hydrogens (tertiary/aromatic N) is 1. The Bertz CT molecular complexity index is 457. The van der Waals surface area contributed by atoms with Crippen molar-refractivity contribution in [1.82, 2.24) is 4.90 Å². The summed E-state index contributed by atoms with van der Waals surface area (Å²) in [5.41, 5.74) is 1.78. The van der Waals surface area contributed by atoms with Gasteiger partial charge in [-0.2, -0.15) is 0 Å². The maximum atomic E-state index is 12.2. The SMILES string of the molecule is O=C1C(Nc2cccc(CO)c2)CCN1C1CC1. The molecule has 2 N–H and O–H groups in total. The molecule has 0 bridgehead atoms. The molecule has 1 aromatic rings. The molecular weight excluding hydrogens is 228 g/mol. The fraction of sp³-hybridized carbons (Fsp3) is 0.500. The third-order valence-electron chi connectivity index (χ3n) is 3.68. The average Bonchev–Trinajstić information content (AvgIpc) is 3.17. The molecule has 1 saturated carbocycles. The lowest BCUT2D eigenvalue weighted by Gasteiger charge is -2.17. The number of anilines is 1. The normalized spacial score (nSPS) is 23.5. The van der Waals surface area contributed by atoms with Gasteiger partial charge in [0.1, 0.15) is 6.04 Å². The summed E-state index contributed by atoms with van der Waals surface area (Å²) in [6.07, 6.45) is 3.20. The molecule has 1 amide bonds. The van der Waals surface area contributed by atoms with Crippen LogP contribution in [0.25, 0.3) is 0 Å². The molecule has 1 heterocycles. The third kappa shape index (κ3) is 2.20. The van der Waals surface area contributed by atoms with Gasteiger partial charge >= 0.3 is 0 Å². The summed E-state index contributed by atoms with van der Waals surface area (Å²) >= 11 is 0. The van der Waals surface area contributed by atoms with E-state index in [4.69, 9.17) is 5.11 Å². The van der Waals surface area contributed by atoms with E-state index >= 15 is 0 Å². The first kappa shape index (κ1) is 11.5. The highest BCUT2D eigenvalue weighted by Crippen LogP contribution is 2.31. The molecule has 2 aliphatic rings. The van der Waals surface area contributed by atoms with Gasteiger partial charge in [0, 0.05) is 18.3 Å². The Hall–Kier alpha value is -1.55. The predicted molar refractivity (Wildman–Crippen MR) is 69.1 cm³/mol. The fourth-order valence-electron chi connectivity index (χ4n) is 2.55. The van der Waals surface area contributed by atoms with E-state index < -0.39 is 0 Å². The molecule has 1 aliphatic heterocycles. The molecule has 4 nitrogen and oxygen atoms in total. The lowest BCUT2D eigenvalue weighted by molar-refractivity contribution is -0.128. The van der Waals surface area contributed by atoms with Crippen LogP contribution in [0.3, 0.4) is 0 Å². The van der Waals surface area contributed by atoms with E-state index in [0.717, 1.165) is 24.2 Å². The van der Waals surface area contributed by atoms with Crippen LogP contribution in [0.2, 0.25) is 0 Å². The summed E-state index contributed by atoms with van der Waals surface area (Å²) in [5, 5.41) is 12.4. The highest BCUT2D eigenvalue weighted by molar-refractivity contribution is 5.87. The highest BCUT2D eigenvalue weighted by Gasteiger charge is 2.40. The van der Waals surface area contributed by atoms with Gasteiger partial charge in [0.25, 0.3) is 0 Å². The third-order valence-corrected chi connectivity index (χ3v) is 3.68. The Kier molecular flexibility index (Phi) is 2.96. The Morgan fingerprint density at radius 2 is 2.17 bits per heavy atom. The van der Waals surface area contributed by atoms with E-state index in [-0.39, 0.29) is 18.6 Å². The molecule has 96 valence electrons. The maximum absolute atomic E-state index is 12.2. The van der Waals surface area contributed by atoms with Crippen LogP contribution in [0.15, 0.2) is 24.3 Å². The topological polar surface area (TPSA) is 52.6 Å². The van der Waals surface area contributed by atoms with Gasteiger partial charge in [-0.25, -0.2) is 0 Å². The average molecular weight is 246 g/mol.